The van der Waals surface area contributed by atoms with Gasteiger partial charge in [0.15, 0.2) is 0 Å². The lowest BCUT2D eigenvalue weighted by Crippen LogP contribution is -2.29. The van der Waals surface area contributed by atoms with Gasteiger partial charge in [0.25, 0.3) is 0 Å². The molecule has 0 atom stereocenters. The molecule has 2 rings (SSSR count). The number of hydrogen-bond acceptors (Lipinski definition) is 3. The molecule has 0 radical (unpaired) electrons. The molecule has 1 aliphatic rings. The summed E-state index contributed by atoms with van der Waals surface area (Å²) in [6, 6.07) is 6.56. The molecule has 1 aromatic rings. The van der Waals surface area contributed by atoms with Gasteiger partial charge in [0.2, 0.25) is 11.6 Å². The zero-order chi connectivity index (χ0) is 14.4. The van der Waals surface area contributed by atoms with E-state index in [4.69, 9.17) is 18.0 Å². The van der Waals surface area contributed by atoms with Crippen molar-refractivity contribution in [3.8, 4) is 12.3 Å². The third-order valence-electron chi connectivity index (χ3n) is 2.43. The Kier molecular flexibility index (Phi) is 5.35. The van der Waals surface area contributed by atoms with Gasteiger partial charge in [0.1, 0.15) is 10.7 Å². The second-order valence-electron chi connectivity index (χ2n) is 3.45. The number of carbonyl (C=O) groups excluding carboxylic acids is 2. The lowest BCUT2D eigenvalue weighted by atomic mass is 9.92. The predicted octanol–water partition coefficient (Wildman–Crippen LogP) is 2.77. The summed E-state index contributed by atoms with van der Waals surface area (Å²) >= 11 is 5.87. The Balaban J connectivity index is 0.000000861. The lowest BCUT2D eigenvalue weighted by Gasteiger charge is -2.17. The summed E-state index contributed by atoms with van der Waals surface area (Å²) < 4.78 is 0. The molecule has 1 aliphatic carbocycles. The molecule has 4 heteroatoms. The van der Waals surface area contributed by atoms with Crippen LogP contribution in [0.5, 0.6) is 0 Å². The van der Waals surface area contributed by atoms with Crippen LogP contribution >= 0.6 is 11.6 Å². The van der Waals surface area contributed by atoms with Crippen molar-refractivity contribution < 1.29 is 9.59 Å². The summed E-state index contributed by atoms with van der Waals surface area (Å²) in [7, 11) is 0. The third kappa shape index (κ3) is 2.86. The van der Waals surface area contributed by atoms with Crippen LogP contribution in [0.2, 0.25) is 0 Å². The number of nitrogens with one attached hydrogen (secondary N) is 1. The summed E-state index contributed by atoms with van der Waals surface area (Å²) in [5.41, 5.74) is 0.753. The normalized spacial score (nSPS) is 13.2. The number of halogens is 1. The molecule has 0 spiro atoms. The van der Waals surface area contributed by atoms with Crippen LogP contribution in [-0.4, -0.2) is 18.1 Å². The molecule has 0 heterocycles. The summed E-state index contributed by atoms with van der Waals surface area (Å²) in [4.78, 5) is 24.0. The number of benzene rings is 1. The topological polar surface area (TPSA) is 46.2 Å². The number of terminal acetylenes is 1. The molecule has 3 nitrogen and oxygen atoms in total. The van der Waals surface area contributed by atoms with Crippen LogP contribution < -0.4 is 5.32 Å². The molecule has 0 aliphatic heterocycles. The maximum Gasteiger partial charge on any atom is 0.211 e. The van der Waals surface area contributed by atoms with Gasteiger partial charge in [-0.2, -0.15) is 0 Å². The zero-order valence-electron chi connectivity index (χ0n) is 10.8. The average Bonchev–Trinajstić information content (AvgIpc) is 2.47. The van der Waals surface area contributed by atoms with Gasteiger partial charge >= 0.3 is 0 Å². The van der Waals surface area contributed by atoms with Gasteiger partial charge in [0, 0.05) is 11.1 Å². The minimum absolute atomic E-state index is 0.0771. The first-order valence-corrected chi connectivity index (χ1v) is 6.30. The van der Waals surface area contributed by atoms with Crippen molar-refractivity contribution in [3.05, 3.63) is 46.1 Å². The monoisotopic (exact) mass is 275 g/mol. The van der Waals surface area contributed by atoms with E-state index in [1.165, 1.54) is 0 Å². The zero-order valence-corrected chi connectivity index (χ0v) is 11.5. The number of hydrogen-bond donors (Lipinski definition) is 1. The number of carbonyl (C=O) groups is 2. The molecular formula is C15H14ClNO2. The fraction of sp³-hybridized carbons (Fsp3) is 0.200. The minimum atomic E-state index is -0.360. The number of fused-ring (bicyclic) bond motifs is 1. The largest absolute Gasteiger partial charge is 0.370 e. The summed E-state index contributed by atoms with van der Waals surface area (Å²) in [6.07, 6.45) is 5.09. The number of allylic oxidation sites excluding steroid dienone is 2. The van der Waals surface area contributed by atoms with E-state index in [1.807, 2.05) is 13.8 Å². The second kappa shape index (κ2) is 6.77. The third-order valence-corrected chi connectivity index (χ3v) is 2.79. The van der Waals surface area contributed by atoms with Crippen molar-refractivity contribution in [2.75, 3.05) is 6.54 Å². The Labute approximate surface area is 117 Å². The van der Waals surface area contributed by atoms with Gasteiger partial charge < -0.3 is 5.32 Å². The highest BCUT2D eigenvalue weighted by Crippen LogP contribution is 2.26. The van der Waals surface area contributed by atoms with Crippen LogP contribution in [-0.2, 0) is 0 Å². The van der Waals surface area contributed by atoms with Crippen LogP contribution in [0.4, 0.5) is 0 Å². The van der Waals surface area contributed by atoms with Crippen LogP contribution in [0.15, 0.2) is 35.0 Å². The highest BCUT2D eigenvalue weighted by molar-refractivity contribution is 6.49. The van der Waals surface area contributed by atoms with Crippen molar-refractivity contribution in [3.63, 3.8) is 0 Å². The number of ketones is 2. The molecule has 0 fully saturated rings. The Morgan fingerprint density at radius 3 is 2.21 bits per heavy atom. The molecule has 0 amide bonds. The van der Waals surface area contributed by atoms with E-state index in [9.17, 15) is 9.59 Å². The molecule has 0 aromatic heterocycles. The molecular weight excluding hydrogens is 262 g/mol. The Hall–Kier alpha value is -2.05. The molecule has 0 saturated carbocycles. The van der Waals surface area contributed by atoms with Gasteiger partial charge in [-0.05, 0) is 0 Å². The summed E-state index contributed by atoms with van der Waals surface area (Å²) in [5, 5.41) is 2.58. The number of Topliss-reactive ketones (excluding diaryl/α,β-unsaturated/α-hetero) is 2. The Morgan fingerprint density at radius 1 is 1.16 bits per heavy atom. The van der Waals surface area contributed by atoms with Gasteiger partial charge in [0.05, 0.1) is 6.54 Å². The van der Waals surface area contributed by atoms with Crippen LogP contribution in [0.1, 0.15) is 34.6 Å². The van der Waals surface area contributed by atoms with E-state index in [-0.39, 0.29) is 28.8 Å². The molecule has 19 heavy (non-hydrogen) atoms. The fourth-order valence-corrected chi connectivity index (χ4v) is 1.90. The van der Waals surface area contributed by atoms with Crippen LogP contribution in [0.25, 0.3) is 0 Å². The SMILES string of the molecule is C#CCNC1=C(Cl)C(=O)c2ccccc2C1=O.CC. The molecule has 0 unspecified atom stereocenters. The van der Waals surface area contributed by atoms with Crippen molar-refractivity contribution >= 4 is 23.2 Å². The molecule has 1 N–H and O–H groups in total. The molecule has 0 saturated heterocycles. The van der Waals surface area contributed by atoms with Gasteiger partial charge in [-0.15, -0.1) is 6.42 Å². The highest BCUT2D eigenvalue weighted by Gasteiger charge is 2.30. The Bertz CT molecular complexity index is 582. The molecule has 98 valence electrons. The quantitative estimate of drug-likeness (QED) is 0.844. The van der Waals surface area contributed by atoms with E-state index in [1.54, 1.807) is 24.3 Å². The van der Waals surface area contributed by atoms with Crippen LogP contribution in [0, 0.1) is 12.3 Å². The van der Waals surface area contributed by atoms with Crippen LogP contribution in [0.3, 0.4) is 0 Å². The van der Waals surface area contributed by atoms with E-state index in [0.717, 1.165) is 0 Å². The predicted molar refractivity (Wildman–Crippen MR) is 76.2 cm³/mol. The summed E-state index contributed by atoms with van der Waals surface area (Å²) in [6.45, 7) is 4.15. The minimum Gasteiger partial charge on any atom is -0.370 e. The fourth-order valence-electron chi connectivity index (χ4n) is 1.64. The number of rotatable bonds is 2. The lowest BCUT2D eigenvalue weighted by molar-refractivity contribution is 0.0975. The van der Waals surface area contributed by atoms with Crippen molar-refractivity contribution in [2.45, 2.75) is 13.8 Å². The van der Waals surface area contributed by atoms with Gasteiger partial charge in [-0.1, -0.05) is 55.6 Å². The second-order valence-corrected chi connectivity index (χ2v) is 3.83. The highest BCUT2D eigenvalue weighted by atomic mass is 35.5. The molecule has 1 aromatic carbocycles. The first-order valence-electron chi connectivity index (χ1n) is 5.92. The maximum absolute atomic E-state index is 12.1. The van der Waals surface area contributed by atoms with Crippen molar-refractivity contribution in [2.24, 2.45) is 0 Å². The maximum atomic E-state index is 12.1. The van der Waals surface area contributed by atoms with E-state index >= 15 is 0 Å². The average molecular weight is 276 g/mol. The summed E-state index contributed by atoms with van der Waals surface area (Å²) in [5.74, 6) is 1.66. The Morgan fingerprint density at radius 2 is 1.68 bits per heavy atom. The first kappa shape index (κ1) is 15.0. The van der Waals surface area contributed by atoms with E-state index < -0.39 is 0 Å². The van der Waals surface area contributed by atoms with Crippen molar-refractivity contribution in [1.29, 1.82) is 0 Å². The smallest absolute Gasteiger partial charge is 0.211 e. The van der Waals surface area contributed by atoms with Crippen molar-refractivity contribution in [1.82, 2.24) is 5.32 Å². The van der Waals surface area contributed by atoms with E-state index in [2.05, 4.69) is 11.2 Å². The molecule has 0 bridgehead atoms. The van der Waals surface area contributed by atoms with Gasteiger partial charge in [-0.3, -0.25) is 9.59 Å². The van der Waals surface area contributed by atoms with E-state index in [0.29, 0.717) is 11.1 Å². The first-order chi connectivity index (χ1) is 9.16. The van der Waals surface area contributed by atoms with Gasteiger partial charge in [-0.25, -0.2) is 0 Å². The standard InChI is InChI=1S/C13H8ClNO2.C2H6/c1-2-7-15-11-10(14)12(16)8-5-3-4-6-9(8)13(11)17;1-2/h1,3-6,15H,7H2;1-2H3.